The van der Waals surface area contributed by atoms with E-state index in [1.54, 1.807) is 18.2 Å². The van der Waals surface area contributed by atoms with Crippen molar-refractivity contribution in [3.63, 3.8) is 0 Å². The summed E-state index contributed by atoms with van der Waals surface area (Å²) in [5.41, 5.74) is 0.553. The smallest absolute Gasteiger partial charge is 0.337 e. The molecular weight excluding hydrogens is 414 g/mol. The number of aliphatic carboxylic acids is 1. The Kier molecular flexibility index (Phi) is 5.36. The number of amides is 1. The maximum Gasteiger partial charge on any atom is 0.337 e. The highest BCUT2D eigenvalue weighted by atomic mass is 35.5. The van der Waals surface area contributed by atoms with E-state index in [4.69, 9.17) is 38.4 Å². The van der Waals surface area contributed by atoms with Crippen molar-refractivity contribution >= 4 is 63.8 Å². The van der Waals surface area contributed by atoms with E-state index in [2.05, 4.69) is 0 Å². The van der Waals surface area contributed by atoms with Gasteiger partial charge >= 0.3 is 11.9 Å². The summed E-state index contributed by atoms with van der Waals surface area (Å²) in [6.45, 7) is -0.500. The Labute approximate surface area is 167 Å². The van der Waals surface area contributed by atoms with Gasteiger partial charge < -0.3 is 14.6 Å². The van der Waals surface area contributed by atoms with Crippen LogP contribution in [0.5, 0.6) is 0 Å². The lowest BCUT2D eigenvalue weighted by Crippen LogP contribution is -2.33. The molecule has 10 heteroatoms. The number of benzene rings is 1. The van der Waals surface area contributed by atoms with E-state index in [-0.39, 0.29) is 19.8 Å². The van der Waals surface area contributed by atoms with Gasteiger partial charge in [0.2, 0.25) is 0 Å². The average Bonchev–Trinajstić information content (AvgIpc) is 3.15. The summed E-state index contributed by atoms with van der Waals surface area (Å²) < 4.78 is 5.82. The molecule has 3 rings (SSSR count). The molecule has 2 heterocycles. The van der Waals surface area contributed by atoms with E-state index >= 15 is 0 Å². The number of thiocarbonyl (C=S) groups is 1. The van der Waals surface area contributed by atoms with Crippen molar-refractivity contribution in [2.75, 3.05) is 6.54 Å². The third-order valence-electron chi connectivity index (χ3n) is 3.55. The normalized spacial score (nSPS) is 15.6. The molecule has 138 valence electrons. The van der Waals surface area contributed by atoms with E-state index < -0.39 is 24.4 Å². The first-order valence-electron chi connectivity index (χ1n) is 7.36. The number of hydrogen-bond donors (Lipinski definition) is 2. The van der Waals surface area contributed by atoms with Gasteiger partial charge in [-0.15, -0.1) is 0 Å². The summed E-state index contributed by atoms with van der Waals surface area (Å²) >= 11 is 12.0. The second-order valence-electron chi connectivity index (χ2n) is 5.36. The molecule has 0 saturated carbocycles. The first kappa shape index (κ1) is 19.2. The predicted octanol–water partition coefficient (Wildman–Crippen LogP) is 3.58. The fraction of sp³-hybridized carbons (Fsp3) is 0.0588. The molecule has 0 aliphatic carbocycles. The van der Waals surface area contributed by atoms with Gasteiger partial charge in [0.1, 0.15) is 22.4 Å². The van der Waals surface area contributed by atoms with Crippen molar-refractivity contribution in [1.82, 2.24) is 4.90 Å². The Balaban J connectivity index is 1.84. The van der Waals surface area contributed by atoms with Crippen molar-refractivity contribution in [3.05, 3.63) is 51.6 Å². The monoisotopic (exact) mass is 423 g/mol. The van der Waals surface area contributed by atoms with E-state index in [1.165, 1.54) is 18.2 Å². The van der Waals surface area contributed by atoms with Crippen LogP contribution in [-0.2, 0) is 9.59 Å². The predicted molar refractivity (Wildman–Crippen MR) is 104 cm³/mol. The maximum absolute atomic E-state index is 12.2. The minimum Gasteiger partial charge on any atom is -0.480 e. The summed E-state index contributed by atoms with van der Waals surface area (Å²) in [6.07, 6.45) is 1.47. The molecule has 1 aliphatic heterocycles. The number of aromatic carboxylic acids is 1. The van der Waals surface area contributed by atoms with E-state index in [0.717, 1.165) is 16.7 Å². The summed E-state index contributed by atoms with van der Waals surface area (Å²) in [5, 5.41) is 17.9. The van der Waals surface area contributed by atoms with Gasteiger partial charge in [-0.1, -0.05) is 41.6 Å². The highest BCUT2D eigenvalue weighted by Crippen LogP contribution is 2.34. The number of carboxylic acids is 2. The van der Waals surface area contributed by atoms with Gasteiger partial charge in [0.05, 0.1) is 15.5 Å². The molecule has 0 atom stereocenters. The Bertz CT molecular complexity index is 1010. The molecule has 0 unspecified atom stereocenters. The van der Waals surface area contributed by atoms with Crippen molar-refractivity contribution < 1.29 is 29.0 Å². The molecule has 1 amide bonds. The van der Waals surface area contributed by atoms with Gasteiger partial charge in [-0.3, -0.25) is 14.5 Å². The summed E-state index contributed by atoms with van der Waals surface area (Å²) in [7, 11) is 0. The fourth-order valence-electron chi connectivity index (χ4n) is 2.33. The van der Waals surface area contributed by atoms with E-state index in [0.29, 0.717) is 17.1 Å². The maximum atomic E-state index is 12.2. The zero-order chi connectivity index (χ0) is 19.7. The van der Waals surface area contributed by atoms with Crippen LogP contribution in [0.1, 0.15) is 16.1 Å². The SMILES string of the molecule is O=C(O)CN1C(=O)C(=Cc2ccc(-c3ccc(C(=O)O)c(Cl)c3)o2)SC1=S. The van der Waals surface area contributed by atoms with Gasteiger partial charge in [-0.25, -0.2) is 4.79 Å². The Hall–Kier alpha value is -2.62. The van der Waals surface area contributed by atoms with Crippen LogP contribution in [0.2, 0.25) is 5.02 Å². The molecule has 1 aromatic heterocycles. The van der Waals surface area contributed by atoms with Crippen LogP contribution in [0, 0.1) is 0 Å². The number of carbonyl (C=O) groups is 3. The van der Waals surface area contributed by atoms with Crippen LogP contribution in [-0.4, -0.2) is 43.8 Å². The standard InChI is InChI=1S/C17H10ClNO6S2/c18-11-5-8(1-3-10(11)16(23)24)12-4-2-9(25-12)6-13-15(22)19(7-14(20)21)17(26)27-13/h1-6H,7H2,(H,20,21)(H,23,24). The van der Waals surface area contributed by atoms with E-state index in [9.17, 15) is 14.4 Å². The van der Waals surface area contributed by atoms with Crippen molar-refractivity contribution in [3.8, 4) is 11.3 Å². The summed E-state index contributed by atoms with van der Waals surface area (Å²) in [6, 6.07) is 7.68. The van der Waals surface area contributed by atoms with Crippen LogP contribution in [0.25, 0.3) is 17.4 Å². The number of carboxylic acid groups (broad SMARTS) is 2. The van der Waals surface area contributed by atoms with Crippen molar-refractivity contribution in [2.45, 2.75) is 0 Å². The Morgan fingerprint density at radius 2 is 2.00 bits per heavy atom. The lowest BCUT2D eigenvalue weighted by molar-refractivity contribution is -0.140. The van der Waals surface area contributed by atoms with Gasteiger partial charge in [0.15, 0.2) is 0 Å². The highest BCUT2D eigenvalue weighted by Gasteiger charge is 2.33. The minimum atomic E-state index is -1.16. The first-order chi connectivity index (χ1) is 12.8. The molecule has 0 radical (unpaired) electrons. The molecule has 27 heavy (non-hydrogen) atoms. The Morgan fingerprint density at radius 1 is 1.26 bits per heavy atom. The van der Waals surface area contributed by atoms with Gasteiger partial charge in [-0.2, -0.15) is 0 Å². The van der Waals surface area contributed by atoms with Crippen LogP contribution < -0.4 is 0 Å². The largest absolute Gasteiger partial charge is 0.480 e. The fourth-order valence-corrected chi connectivity index (χ4v) is 3.82. The number of thioether (sulfide) groups is 1. The Morgan fingerprint density at radius 3 is 2.63 bits per heavy atom. The van der Waals surface area contributed by atoms with Gasteiger partial charge in [0.25, 0.3) is 5.91 Å². The highest BCUT2D eigenvalue weighted by molar-refractivity contribution is 8.26. The molecule has 2 aromatic rings. The summed E-state index contributed by atoms with van der Waals surface area (Å²) in [4.78, 5) is 35.3. The van der Waals surface area contributed by atoms with Crippen LogP contribution in [0.3, 0.4) is 0 Å². The third kappa shape index (κ3) is 4.05. The number of halogens is 1. The topological polar surface area (TPSA) is 108 Å². The zero-order valence-corrected chi connectivity index (χ0v) is 15.7. The zero-order valence-electron chi connectivity index (χ0n) is 13.3. The molecular formula is C17H10ClNO6S2. The number of rotatable bonds is 5. The first-order valence-corrected chi connectivity index (χ1v) is 8.96. The molecule has 2 N–H and O–H groups in total. The second kappa shape index (κ2) is 7.55. The molecule has 1 saturated heterocycles. The minimum absolute atomic E-state index is 0.0192. The second-order valence-corrected chi connectivity index (χ2v) is 7.45. The molecule has 7 nitrogen and oxygen atoms in total. The van der Waals surface area contributed by atoms with Crippen LogP contribution >= 0.6 is 35.6 Å². The van der Waals surface area contributed by atoms with E-state index in [1.807, 2.05) is 0 Å². The van der Waals surface area contributed by atoms with Crippen LogP contribution in [0.4, 0.5) is 0 Å². The quantitative estimate of drug-likeness (QED) is 0.555. The lowest BCUT2D eigenvalue weighted by Gasteiger charge is -2.09. The van der Waals surface area contributed by atoms with Crippen molar-refractivity contribution in [2.24, 2.45) is 0 Å². The van der Waals surface area contributed by atoms with Gasteiger partial charge in [-0.05, 0) is 24.3 Å². The molecule has 1 aliphatic rings. The number of furan rings is 1. The number of carbonyl (C=O) groups excluding carboxylic acids is 1. The number of nitrogens with zero attached hydrogens (tertiary/aromatic N) is 1. The molecule has 1 aromatic carbocycles. The molecule has 0 spiro atoms. The van der Waals surface area contributed by atoms with Gasteiger partial charge in [0, 0.05) is 11.6 Å². The molecule has 1 fully saturated rings. The van der Waals surface area contributed by atoms with Crippen LogP contribution in [0.15, 0.2) is 39.7 Å². The molecule has 0 bridgehead atoms. The summed E-state index contributed by atoms with van der Waals surface area (Å²) in [5.74, 6) is -2.00. The number of hydrogen-bond acceptors (Lipinski definition) is 6. The lowest BCUT2D eigenvalue weighted by atomic mass is 10.1. The van der Waals surface area contributed by atoms with Crippen molar-refractivity contribution in [1.29, 1.82) is 0 Å². The third-order valence-corrected chi connectivity index (χ3v) is 5.24. The average molecular weight is 424 g/mol.